The lowest BCUT2D eigenvalue weighted by Gasteiger charge is -2.17. The molecule has 0 bridgehead atoms. The van der Waals surface area contributed by atoms with Gasteiger partial charge in [-0.3, -0.25) is 4.40 Å². The van der Waals surface area contributed by atoms with Gasteiger partial charge < -0.3 is 4.57 Å². The lowest BCUT2D eigenvalue weighted by atomic mass is 9.99. The molecule has 3 heterocycles. The molecule has 32 heavy (non-hydrogen) atoms. The average Bonchev–Trinajstić information content (AvgIpc) is 3.37. The van der Waals surface area contributed by atoms with E-state index in [1.165, 1.54) is 55.4 Å². The largest absolute Gasteiger partial charge is 0.318 e. The van der Waals surface area contributed by atoms with Gasteiger partial charge in [0.05, 0.1) is 23.1 Å². The molecule has 0 aliphatic heterocycles. The second kappa shape index (κ2) is 6.83. The number of rotatable bonds is 2. The maximum Gasteiger partial charge on any atom is 0.145 e. The van der Waals surface area contributed by atoms with Crippen LogP contribution in [0.1, 0.15) is 22.5 Å². The summed E-state index contributed by atoms with van der Waals surface area (Å²) in [5.41, 5.74) is 10.8. The standard InChI is InChI=1S/C29H25N3/c1-18-9-7-10-19(2)27(18)26-17-30-29-23-12-8-14-25(31-20(3)15-16-21(31)4)28(23)22-11-5-6-13-24(22)32(26)29/h5-17H,1-4H3. The van der Waals surface area contributed by atoms with E-state index in [0.29, 0.717) is 0 Å². The highest BCUT2D eigenvalue weighted by Crippen LogP contribution is 2.38. The van der Waals surface area contributed by atoms with Crippen LogP contribution in [0.5, 0.6) is 0 Å². The maximum atomic E-state index is 4.98. The Morgan fingerprint density at radius 3 is 2.06 bits per heavy atom. The molecule has 3 heteroatoms. The summed E-state index contributed by atoms with van der Waals surface area (Å²) in [4.78, 5) is 4.98. The molecule has 3 aromatic heterocycles. The zero-order chi connectivity index (χ0) is 22.0. The first kappa shape index (κ1) is 18.9. The molecule has 0 atom stereocenters. The van der Waals surface area contributed by atoms with E-state index in [0.717, 1.165) is 11.3 Å². The topological polar surface area (TPSA) is 22.2 Å². The van der Waals surface area contributed by atoms with Crippen molar-refractivity contribution in [1.82, 2.24) is 14.0 Å². The average molecular weight is 416 g/mol. The highest BCUT2D eigenvalue weighted by Gasteiger charge is 2.19. The number of para-hydroxylation sites is 1. The smallest absolute Gasteiger partial charge is 0.145 e. The van der Waals surface area contributed by atoms with E-state index in [2.05, 4.69) is 109 Å². The van der Waals surface area contributed by atoms with Crippen LogP contribution in [0.25, 0.3) is 44.3 Å². The molecule has 0 spiro atoms. The Morgan fingerprint density at radius 1 is 0.656 bits per heavy atom. The summed E-state index contributed by atoms with van der Waals surface area (Å²) >= 11 is 0. The molecular weight excluding hydrogens is 390 g/mol. The highest BCUT2D eigenvalue weighted by atomic mass is 15.0. The van der Waals surface area contributed by atoms with Gasteiger partial charge in [-0.15, -0.1) is 0 Å². The molecule has 3 aromatic carbocycles. The van der Waals surface area contributed by atoms with Crippen molar-refractivity contribution in [2.75, 3.05) is 0 Å². The van der Waals surface area contributed by atoms with E-state index in [-0.39, 0.29) is 0 Å². The van der Waals surface area contributed by atoms with Crippen LogP contribution in [-0.4, -0.2) is 14.0 Å². The molecular formula is C29H25N3. The Morgan fingerprint density at radius 2 is 1.31 bits per heavy atom. The minimum absolute atomic E-state index is 1.00. The van der Waals surface area contributed by atoms with Crippen LogP contribution in [0.2, 0.25) is 0 Å². The number of aryl methyl sites for hydroxylation is 4. The van der Waals surface area contributed by atoms with E-state index in [1.54, 1.807) is 0 Å². The van der Waals surface area contributed by atoms with E-state index in [1.807, 2.05) is 6.20 Å². The fourth-order valence-corrected chi connectivity index (χ4v) is 5.30. The van der Waals surface area contributed by atoms with Gasteiger partial charge in [0, 0.05) is 33.1 Å². The number of fused-ring (bicyclic) bond motifs is 6. The molecule has 0 fully saturated rings. The molecule has 0 saturated carbocycles. The van der Waals surface area contributed by atoms with Crippen molar-refractivity contribution in [3.8, 4) is 16.9 Å². The lowest BCUT2D eigenvalue weighted by Crippen LogP contribution is -2.02. The van der Waals surface area contributed by atoms with Gasteiger partial charge in [-0.05, 0) is 63.1 Å². The summed E-state index contributed by atoms with van der Waals surface area (Å²) in [7, 11) is 0. The van der Waals surface area contributed by atoms with E-state index >= 15 is 0 Å². The van der Waals surface area contributed by atoms with Crippen molar-refractivity contribution in [3.05, 3.63) is 102 Å². The number of hydrogen-bond donors (Lipinski definition) is 0. The zero-order valence-corrected chi connectivity index (χ0v) is 18.8. The van der Waals surface area contributed by atoms with Crippen LogP contribution in [0, 0.1) is 27.7 Å². The van der Waals surface area contributed by atoms with Gasteiger partial charge in [-0.2, -0.15) is 0 Å². The molecule has 6 aromatic rings. The first-order valence-corrected chi connectivity index (χ1v) is 11.1. The Balaban J connectivity index is 1.84. The van der Waals surface area contributed by atoms with Crippen molar-refractivity contribution < 1.29 is 0 Å². The predicted octanol–water partition coefficient (Wildman–Crippen LogP) is 7.33. The van der Waals surface area contributed by atoms with E-state index in [9.17, 15) is 0 Å². The summed E-state index contributed by atoms with van der Waals surface area (Å²) in [5, 5.41) is 3.66. The first-order valence-electron chi connectivity index (χ1n) is 11.1. The van der Waals surface area contributed by atoms with Gasteiger partial charge in [0.1, 0.15) is 5.65 Å². The number of imidazole rings is 1. The Labute approximate surface area is 187 Å². The number of hydrogen-bond acceptors (Lipinski definition) is 1. The maximum absolute atomic E-state index is 4.98. The third-order valence-corrected chi connectivity index (χ3v) is 6.71. The van der Waals surface area contributed by atoms with E-state index in [4.69, 9.17) is 4.98 Å². The first-order chi connectivity index (χ1) is 15.6. The van der Waals surface area contributed by atoms with Crippen molar-refractivity contribution in [2.45, 2.75) is 27.7 Å². The van der Waals surface area contributed by atoms with Crippen molar-refractivity contribution in [3.63, 3.8) is 0 Å². The summed E-state index contributed by atoms with van der Waals surface area (Å²) in [5.74, 6) is 0. The van der Waals surface area contributed by atoms with Gasteiger partial charge >= 0.3 is 0 Å². The summed E-state index contributed by atoms with van der Waals surface area (Å²) < 4.78 is 4.69. The normalized spacial score (nSPS) is 11.8. The zero-order valence-electron chi connectivity index (χ0n) is 18.8. The number of pyridine rings is 1. The third kappa shape index (κ3) is 2.51. The van der Waals surface area contributed by atoms with Crippen molar-refractivity contribution in [2.24, 2.45) is 0 Å². The predicted molar refractivity (Wildman–Crippen MR) is 134 cm³/mol. The Hall–Kier alpha value is -3.85. The second-order valence-corrected chi connectivity index (χ2v) is 8.74. The van der Waals surface area contributed by atoms with Gasteiger partial charge in [0.2, 0.25) is 0 Å². The molecule has 156 valence electrons. The molecule has 0 aliphatic carbocycles. The number of aromatic nitrogens is 3. The highest BCUT2D eigenvalue weighted by molar-refractivity contribution is 6.16. The van der Waals surface area contributed by atoms with Crippen LogP contribution in [-0.2, 0) is 0 Å². The molecule has 0 aliphatic rings. The van der Waals surface area contributed by atoms with Gasteiger partial charge in [-0.25, -0.2) is 4.98 Å². The lowest BCUT2D eigenvalue weighted by molar-refractivity contribution is 0.975. The second-order valence-electron chi connectivity index (χ2n) is 8.74. The van der Waals surface area contributed by atoms with Gasteiger partial charge in [0.25, 0.3) is 0 Å². The molecule has 3 nitrogen and oxygen atoms in total. The van der Waals surface area contributed by atoms with E-state index < -0.39 is 0 Å². The molecule has 0 saturated heterocycles. The van der Waals surface area contributed by atoms with Crippen LogP contribution in [0.3, 0.4) is 0 Å². The van der Waals surface area contributed by atoms with Crippen LogP contribution in [0.4, 0.5) is 0 Å². The fourth-order valence-electron chi connectivity index (χ4n) is 5.30. The van der Waals surface area contributed by atoms with Crippen LogP contribution >= 0.6 is 0 Å². The minimum atomic E-state index is 1.00. The summed E-state index contributed by atoms with van der Waals surface area (Å²) in [6.07, 6.45) is 2.04. The summed E-state index contributed by atoms with van der Waals surface area (Å²) in [6.45, 7) is 8.70. The molecule has 0 radical (unpaired) electrons. The van der Waals surface area contributed by atoms with Gasteiger partial charge in [0.15, 0.2) is 0 Å². The molecule has 0 amide bonds. The molecule has 0 unspecified atom stereocenters. The van der Waals surface area contributed by atoms with Crippen molar-refractivity contribution in [1.29, 1.82) is 0 Å². The van der Waals surface area contributed by atoms with Crippen LogP contribution < -0.4 is 0 Å². The molecule has 6 rings (SSSR count). The minimum Gasteiger partial charge on any atom is -0.318 e. The number of benzene rings is 3. The Kier molecular flexibility index (Phi) is 4.03. The SMILES string of the molecule is Cc1cccc(C)c1-c1cnc2c3cccc(-n4c(C)ccc4C)c3c3ccccc3n12. The fraction of sp³-hybridized carbons (Fsp3) is 0.138. The summed E-state index contributed by atoms with van der Waals surface area (Å²) in [6, 6.07) is 26.1. The number of nitrogens with zero attached hydrogens (tertiary/aromatic N) is 3. The molecule has 0 N–H and O–H groups in total. The van der Waals surface area contributed by atoms with Gasteiger partial charge in [-0.1, -0.05) is 48.5 Å². The van der Waals surface area contributed by atoms with Crippen molar-refractivity contribution >= 4 is 27.3 Å². The third-order valence-electron chi connectivity index (χ3n) is 6.71. The monoisotopic (exact) mass is 415 g/mol. The Bertz CT molecular complexity index is 1620. The quantitative estimate of drug-likeness (QED) is 0.271. The van der Waals surface area contributed by atoms with Crippen LogP contribution in [0.15, 0.2) is 79.0 Å².